The molecule has 0 aromatic carbocycles. The molecule has 0 N–H and O–H groups in total. The minimum absolute atomic E-state index is 0.601. The number of hydrogen-bond donors (Lipinski definition) is 0. The zero-order valence-electron chi connectivity index (χ0n) is 9.62. The number of carbonyl (C=O) groups excluding carboxylic acids is 5. The van der Waals surface area contributed by atoms with Crippen molar-refractivity contribution in [3.05, 3.63) is 5.92 Å². The highest BCUT2D eigenvalue weighted by Crippen LogP contribution is 2.14. The Kier molecular flexibility index (Phi) is 4.88. The standard InChI is InChI=1S/C11H13O5/c1-5(12)9(6(2)13)11(16)10(7(3)14)8(4)15/h9H,1-4H3. The molecule has 87 valence electrons. The normalized spacial score (nSPS) is 10.4. The molecule has 1 radical (unpaired) electrons. The summed E-state index contributed by atoms with van der Waals surface area (Å²) in [7, 11) is 0. The Bertz CT molecular complexity index is 305. The molecule has 0 aliphatic rings. The highest BCUT2D eigenvalue weighted by molar-refractivity contribution is 6.39. The first kappa shape index (κ1) is 14.3. The largest absolute Gasteiger partial charge is 0.299 e. The van der Waals surface area contributed by atoms with Gasteiger partial charge in [-0.3, -0.25) is 24.0 Å². The van der Waals surface area contributed by atoms with Crippen molar-refractivity contribution in [3.8, 4) is 0 Å². The van der Waals surface area contributed by atoms with Crippen molar-refractivity contribution in [1.29, 1.82) is 0 Å². The fourth-order valence-corrected chi connectivity index (χ4v) is 1.39. The lowest BCUT2D eigenvalue weighted by Gasteiger charge is -2.13. The van der Waals surface area contributed by atoms with Gasteiger partial charge in [-0.2, -0.15) is 0 Å². The SMILES string of the molecule is CC(=O)[C](C(C)=O)C(=O)C(C(C)=O)C(C)=O. The summed E-state index contributed by atoms with van der Waals surface area (Å²) in [6, 6.07) is 0. The summed E-state index contributed by atoms with van der Waals surface area (Å²) in [5.41, 5.74) is 0. The second-order valence-corrected chi connectivity index (χ2v) is 3.51. The van der Waals surface area contributed by atoms with Crippen LogP contribution in [0.5, 0.6) is 0 Å². The number of hydrogen-bond acceptors (Lipinski definition) is 5. The predicted octanol–water partition coefficient (Wildman–Crippen LogP) is 0.102. The van der Waals surface area contributed by atoms with Crippen LogP contribution in [0, 0.1) is 11.8 Å². The van der Waals surface area contributed by atoms with Gasteiger partial charge in [0.15, 0.2) is 23.3 Å². The van der Waals surface area contributed by atoms with Gasteiger partial charge < -0.3 is 0 Å². The van der Waals surface area contributed by atoms with Crippen LogP contribution in [0.2, 0.25) is 0 Å². The van der Waals surface area contributed by atoms with E-state index in [1.54, 1.807) is 0 Å². The van der Waals surface area contributed by atoms with E-state index in [4.69, 9.17) is 0 Å². The smallest absolute Gasteiger partial charge is 0.173 e. The fourth-order valence-electron chi connectivity index (χ4n) is 1.39. The lowest BCUT2D eigenvalue weighted by atomic mass is 9.84. The van der Waals surface area contributed by atoms with E-state index in [9.17, 15) is 24.0 Å². The van der Waals surface area contributed by atoms with Crippen LogP contribution in [0.15, 0.2) is 0 Å². The van der Waals surface area contributed by atoms with Crippen molar-refractivity contribution < 1.29 is 24.0 Å². The van der Waals surface area contributed by atoms with E-state index in [-0.39, 0.29) is 0 Å². The van der Waals surface area contributed by atoms with Crippen LogP contribution in [0.3, 0.4) is 0 Å². The first-order valence-electron chi connectivity index (χ1n) is 4.64. The molecule has 0 unspecified atom stereocenters. The second-order valence-electron chi connectivity index (χ2n) is 3.51. The van der Waals surface area contributed by atoms with E-state index in [1.165, 1.54) is 0 Å². The third kappa shape index (κ3) is 3.18. The Balaban J connectivity index is 5.28. The Hall–Kier alpha value is -1.65. The van der Waals surface area contributed by atoms with Crippen molar-refractivity contribution >= 4 is 28.9 Å². The molecule has 0 amide bonds. The molecule has 5 nitrogen and oxygen atoms in total. The van der Waals surface area contributed by atoms with Crippen LogP contribution in [-0.4, -0.2) is 28.9 Å². The summed E-state index contributed by atoms with van der Waals surface area (Å²) in [5, 5.41) is 0. The molecule has 0 saturated carbocycles. The summed E-state index contributed by atoms with van der Waals surface area (Å²) >= 11 is 0. The molecule has 0 bridgehead atoms. The average molecular weight is 225 g/mol. The molecule has 0 aliphatic heterocycles. The van der Waals surface area contributed by atoms with E-state index >= 15 is 0 Å². The average Bonchev–Trinajstić information content (AvgIpc) is 1.99. The van der Waals surface area contributed by atoms with Crippen molar-refractivity contribution in [2.45, 2.75) is 27.7 Å². The van der Waals surface area contributed by atoms with Crippen molar-refractivity contribution in [1.82, 2.24) is 0 Å². The third-order valence-corrected chi connectivity index (χ3v) is 2.03. The number of ketones is 5. The maximum absolute atomic E-state index is 11.7. The first-order chi connectivity index (χ1) is 7.20. The molecular formula is C11H13O5. The zero-order chi connectivity index (χ0) is 13.0. The molecule has 0 saturated heterocycles. The minimum atomic E-state index is -1.54. The summed E-state index contributed by atoms with van der Waals surface area (Å²) < 4.78 is 0. The van der Waals surface area contributed by atoms with Gasteiger partial charge in [-0.25, -0.2) is 0 Å². The molecule has 5 heteroatoms. The molecule has 0 fully saturated rings. The summed E-state index contributed by atoms with van der Waals surface area (Å²) in [6.45, 7) is 4.24. The van der Waals surface area contributed by atoms with Gasteiger partial charge in [0.2, 0.25) is 0 Å². The van der Waals surface area contributed by atoms with Crippen molar-refractivity contribution in [2.24, 2.45) is 5.92 Å². The molecule has 0 heterocycles. The van der Waals surface area contributed by atoms with Crippen LogP contribution in [0.1, 0.15) is 27.7 Å². The summed E-state index contributed by atoms with van der Waals surface area (Å²) in [6.07, 6.45) is 0. The van der Waals surface area contributed by atoms with Crippen molar-refractivity contribution in [3.63, 3.8) is 0 Å². The molecule has 0 aromatic rings. The van der Waals surface area contributed by atoms with Crippen LogP contribution in [-0.2, 0) is 24.0 Å². The summed E-state index contributed by atoms with van der Waals surface area (Å²) in [5.74, 6) is -5.94. The zero-order valence-corrected chi connectivity index (χ0v) is 9.62. The van der Waals surface area contributed by atoms with Gasteiger partial charge in [0.05, 0.1) is 0 Å². The Morgan fingerprint density at radius 2 is 1.00 bits per heavy atom. The maximum atomic E-state index is 11.7. The second kappa shape index (κ2) is 5.44. The Morgan fingerprint density at radius 1 is 0.688 bits per heavy atom. The van der Waals surface area contributed by atoms with E-state index in [1.807, 2.05) is 0 Å². The molecular weight excluding hydrogens is 212 g/mol. The van der Waals surface area contributed by atoms with Gasteiger partial charge in [0, 0.05) is 0 Å². The van der Waals surface area contributed by atoms with Gasteiger partial charge >= 0.3 is 0 Å². The Morgan fingerprint density at radius 3 is 1.19 bits per heavy atom. The van der Waals surface area contributed by atoms with Crippen molar-refractivity contribution in [2.75, 3.05) is 0 Å². The topological polar surface area (TPSA) is 85.3 Å². The predicted molar refractivity (Wildman–Crippen MR) is 54.5 cm³/mol. The fraction of sp³-hybridized carbons (Fsp3) is 0.455. The van der Waals surface area contributed by atoms with E-state index < -0.39 is 40.8 Å². The maximum Gasteiger partial charge on any atom is 0.173 e. The number of rotatable bonds is 6. The van der Waals surface area contributed by atoms with Crippen LogP contribution >= 0.6 is 0 Å². The first-order valence-corrected chi connectivity index (χ1v) is 4.64. The third-order valence-electron chi connectivity index (χ3n) is 2.03. The number of carbonyl (C=O) groups is 5. The molecule has 16 heavy (non-hydrogen) atoms. The van der Waals surface area contributed by atoms with Gasteiger partial charge in [-0.1, -0.05) is 0 Å². The van der Waals surface area contributed by atoms with Crippen LogP contribution < -0.4 is 0 Å². The molecule has 0 aliphatic carbocycles. The van der Waals surface area contributed by atoms with E-state index in [2.05, 4.69) is 0 Å². The molecule has 0 spiro atoms. The van der Waals surface area contributed by atoms with Crippen LogP contribution in [0.4, 0.5) is 0 Å². The lowest BCUT2D eigenvalue weighted by Crippen LogP contribution is -2.38. The number of Topliss-reactive ketones (excluding diaryl/α,β-unsaturated/α-hetero) is 5. The lowest BCUT2D eigenvalue weighted by molar-refractivity contribution is -0.138. The highest BCUT2D eigenvalue weighted by Gasteiger charge is 2.39. The molecule has 0 aromatic heterocycles. The molecule has 0 atom stereocenters. The van der Waals surface area contributed by atoms with Gasteiger partial charge in [-0.15, -0.1) is 0 Å². The Labute approximate surface area is 93.2 Å². The minimum Gasteiger partial charge on any atom is -0.299 e. The van der Waals surface area contributed by atoms with E-state index in [0.717, 1.165) is 27.7 Å². The quantitative estimate of drug-likeness (QED) is 0.598. The van der Waals surface area contributed by atoms with Crippen LogP contribution in [0.25, 0.3) is 0 Å². The van der Waals surface area contributed by atoms with Gasteiger partial charge in [0.25, 0.3) is 0 Å². The van der Waals surface area contributed by atoms with E-state index in [0.29, 0.717) is 0 Å². The van der Waals surface area contributed by atoms with Gasteiger partial charge in [-0.05, 0) is 27.7 Å². The summed E-state index contributed by atoms with van der Waals surface area (Å²) in [4.78, 5) is 56.0. The van der Waals surface area contributed by atoms with Gasteiger partial charge in [0.1, 0.15) is 17.5 Å². The monoisotopic (exact) mass is 225 g/mol. The molecule has 0 rings (SSSR count). The highest BCUT2D eigenvalue weighted by atomic mass is 16.2.